The molecule has 1 rings (SSSR count). The fraction of sp³-hybridized carbons (Fsp3) is 0.167. The summed E-state index contributed by atoms with van der Waals surface area (Å²) in [5, 5.41) is 2.51. The van der Waals surface area contributed by atoms with Crippen LogP contribution in [0, 0.1) is 0 Å². The molecule has 0 aromatic heterocycles. The molecule has 0 heterocycles. The summed E-state index contributed by atoms with van der Waals surface area (Å²) in [4.78, 5) is 22.7. The average molecular weight is 270 g/mol. The largest absolute Gasteiger partial charge is 0.465 e. The van der Waals surface area contributed by atoms with Crippen LogP contribution in [-0.4, -0.2) is 19.2 Å². The maximum absolute atomic E-state index is 11.4. The highest BCUT2D eigenvalue weighted by atomic mass is 35.5. The molecule has 0 fully saturated rings. The molecule has 5 nitrogen and oxygen atoms in total. The van der Waals surface area contributed by atoms with E-state index in [1.54, 1.807) is 25.1 Å². The quantitative estimate of drug-likeness (QED) is 0.676. The highest BCUT2D eigenvalue weighted by molar-refractivity contribution is 6.36. The SMILES string of the molecule is CC=COC(=O)Nc1cccc(C(=O)OC)c1Cl. The minimum atomic E-state index is -0.697. The topological polar surface area (TPSA) is 64.6 Å². The molecule has 0 aliphatic carbocycles. The van der Waals surface area contributed by atoms with Crippen LogP contribution in [0.25, 0.3) is 0 Å². The van der Waals surface area contributed by atoms with Crippen molar-refractivity contribution < 1.29 is 19.1 Å². The molecule has 0 aliphatic rings. The lowest BCUT2D eigenvalue weighted by Crippen LogP contribution is -2.12. The van der Waals surface area contributed by atoms with E-state index < -0.39 is 12.1 Å². The summed E-state index contributed by atoms with van der Waals surface area (Å²) in [5.41, 5.74) is 0.442. The molecule has 0 saturated heterocycles. The molecule has 0 aliphatic heterocycles. The van der Waals surface area contributed by atoms with Crippen molar-refractivity contribution in [1.29, 1.82) is 0 Å². The Labute approximate surface area is 109 Å². The summed E-state index contributed by atoms with van der Waals surface area (Å²) in [6, 6.07) is 4.62. The van der Waals surface area contributed by atoms with E-state index in [0.717, 1.165) is 0 Å². The molecule has 0 bridgehead atoms. The van der Waals surface area contributed by atoms with E-state index in [-0.39, 0.29) is 16.3 Å². The van der Waals surface area contributed by atoms with Gasteiger partial charge >= 0.3 is 12.1 Å². The predicted molar refractivity (Wildman–Crippen MR) is 67.7 cm³/mol. The number of allylic oxidation sites excluding steroid dienone is 1. The molecule has 0 spiro atoms. The molecule has 1 aromatic carbocycles. The van der Waals surface area contributed by atoms with Crippen molar-refractivity contribution in [2.24, 2.45) is 0 Å². The second-order valence-electron chi connectivity index (χ2n) is 3.16. The third-order valence-electron chi connectivity index (χ3n) is 1.95. The number of esters is 1. The van der Waals surface area contributed by atoms with Crippen LogP contribution in [0.4, 0.5) is 10.5 Å². The first kappa shape index (κ1) is 14.1. The molecule has 6 heteroatoms. The van der Waals surface area contributed by atoms with Gasteiger partial charge in [-0.3, -0.25) is 5.32 Å². The van der Waals surface area contributed by atoms with Gasteiger partial charge in [-0.1, -0.05) is 23.7 Å². The third-order valence-corrected chi connectivity index (χ3v) is 2.36. The minimum absolute atomic E-state index is 0.0989. The lowest BCUT2D eigenvalue weighted by atomic mass is 10.2. The highest BCUT2D eigenvalue weighted by Crippen LogP contribution is 2.26. The zero-order chi connectivity index (χ0) is 13.5. The molecule has 18 heavy (non-hydrogen) atoms. The second-order valence-corrected chi connectivity index (χ2v) is 3.54. The van der Waals surface area contributed by atoms with E-state index in [1.807, 2.05) is 0 Å². The van der Waals surface area contributed by atoms with Crippen molar-refractivity contribution >= 4 is 29.4 Å². The van der Waals surface area contributed by atoms with Gasteiger partial charge in [-0.05, 0) is 19.1 Å². The molecule has 0 radical (unpaired) electrons. The van der Waals surface area contributed by atoms with Crippen molar-refractivity contribution in [3.63, 3.8) is 0 Å². The zero-order valence-electron chi connectivity index (χ0n) is 9.90. The summed E-state index contributed by atoms with van der Waals surface area (Å²) >= 11 is 5.97. The van der Waals surface area contributed by atoms with Gasteiger partial charge in [0.1, 0.15) is 0 Å². The summed E-state index contributed by atoms with van der Waals surface area (Å²) < 4.78 is 9.23. The van der Waals surface area contributed by atoms with Gasteiger partial charge in [-0.25, -0.2) is 9.59 Å². The number of ether oxygens (including phenoxy) is 2. The number of halogens is 1. The van der Waals surface area contributed by atoms with Gasteiger partial charge in [-0.15, -0.1) is 0 Å². The number of methoxy groups -OCH3 is 1. The van der Waals surface area contributed by atoms with Gasteiger partial charge < -0.3 is 9.47 Å². The maximum atomic E-state index is 11.4. The molecular weight excluding hydrogens is 258 g/mol. The standard InChI is InChI=1S/C12H12ClNO4/c1-3-7-18-12(16)14-9-6-4-5-8(10(9)13)11(15)17-2/h3-7H,1-2H3,(H,14,16). The van der Waals surface area contributed by atoms with Gasteiger partial charge in [-0.2, -0.15) is 0 Å². The van der Waals surface area contributed by atoms with Crippen LogP contribution >= 0.6 is 11.6 Å². The van der Waals surface area contributed by atoms with Crippen LogP contribution in [0.2, 0.25) is 5.02 Å². The lowest BCUT2D eigenvalue weighted by molar-refractivity contribution is 0.0601. The number of carbonyl (C=O) groups excluding carboxylic acids is 2. The average Bonchev–Trinajstić information content (AvgIpc) is 2.38. The maximum Gasteiger partial charge on any atom is 0.416 e. The molecule has 0 atom stereocenters. The van der Waals surface area contributed by atoms with Crippen LogP contribution in [0.3, 0.4) is 0 Å². The van der Waals surface area contributed by atoms with Crippen molar-refractivity contribution in [3.8, 4) is 0 Å². The summed E-state index contributed by atoms with van der Waals surface area (Å²) in [6.45, 7) is 1.71. The Kier molecular flexibility index (Phi) is 5.20. The van der Waals surface area contributed by atoms with Gasteiger partial charge in [0.25, 0.3) is 0 Å². The number of anilines is 1. The summed E-state index contributed by atoms with van der Waals surface area (Å²) in [6.07, 6.45) is 2.09. The van der Waals surface area contributed by atoms with E-state index >= 15 is 0 Å². The van der Waals surface area contributed by atoms with E-state index in [9.17, 15) is 9.59 Å². The Hall–Kier alpha value is -2.01. The fourth-order valence-electron chi connectivity index (χ4n) is 1.17. The zero-order valence-corrected chi connectivity index (χ0v) is 10.7. The van der Waals surface area contributed by atoms with E-state index in [4.69, 9.17) is 11.6 Å². The summed E-state index contributed by atoms with van der Waals surface area (Å²) in [5.74, 6) is -0.578. The Morgan fingerprint density at radius 2 is 2.11 bits per heavy atom. The van der Waals surface area contributed by atoms with Crippen molar-refractivity contribution in [2.75, 3.05) is 12.4 Å². The smallest absolute Gasteiger partial charge is 0.416 e. The van der Waals surface area contributed by atoms with Crippen LogP contribution in [0.1, 0.15) is 17.3 Å². The Bertz CT molecular complexity index is 485. The molecule has 96 valence electrons. The predicted octanol–water partition coefficient (Wildman–Crippen LogP) is 3.21. The Morgan fingerprint density at radius 1 is 1.39 bits per heavy atom. The minimum Gasteiger partial charge on any atom is -0.465 e. The fourth-order valence-corrected chi connectivity index (χ4v) is 1.42. The van der Waals surface area contributed by atoms with E-state index in [0.29, 0.717) is 0 Å². The number of benzene rings is 1. The molecule has 1 aromatic rings. The first-order valence-electron chi connectivity index (χ1n) is 5.05. The highest BCUT2D eigenvalue weighted by Gasteiger charge is 2.15. The number of hydrogen-bond donors (Lipinski definition) is 1. The van der Waals surface area contributed by atoms with Gasteiger partial charge in [0, 0.05) is 0 Å². The van der Waals surface area contributed by atoms with Crippen molar-refractivity contribution in [3.05, 3.63) is 41.1 Å². The van der Waals surface area contributed by atoms with Crippen LogP contribution in [0.15, 0.2) is 30.5 Å². The van der Waals surface area contributed by atoms with Crippen molar-refractivity contribution in [2.45, 2.75) is 6.92 Å². The van der Waals surface area contributed by atoms with E-state index in [2.05, 4.69) is 14.8 Å². The van der Waals surface area contributed by atoms with Crippen molar-refractivity contribution in [1.82, 2.24) is 0 Å². The lowest BCUT2D eigenvalue weighted by Gasteiger charge is -2.08. The van der Waals surface area contributed by atoms with Gasteiger partial charge in [0.05, 0.1) is 29.6 Å². The van der Waals surface area contributed by atoms with Crippen LogP contribution < -0.4 is 5.32 Å². The van der Waals surface area contributed by atoms with Crippen LogP contribution in [0.5, 0.6) is 0 Å². The number of nitrogens with one attached hydrogen (secondary N) is 1. The van der Waals surface area contributed by atoms with Gasteiger partial charge in [0.15, 0.2) is 0 Å². The monoisotopic (exact) mass is 269 g/mol. The molecule has 0 saturated carbocycles. The number of rotatable bonds is 3. The first-order valence-corrected chi connectivity index (χ1v) is 5.43. The molecule has 1 N–H and O–H groups in total. The Morgan fingerprint density at radius 3 is 2.72 bits per heavy atom. The third kappa shape index (κ3) is 3.49. The number of hydrogen-bond acceptors (Lipinski definition) is 4. The molecular formula is C12H12ClNO4. The first-order chi connectivity index (χ1) is 8.60. The molecule has 0 unspecified atom stereocenters. The van der Waals surface area contributed by atoms with Gasteiger partial charge in [0.2, 0.25) is 0 Å². The number of amides is 1. The number of carbonyl (C=O) groups is 2. The summed E-state index contributed by atoms with van der Waals surface area (Å²) in [7, 11) is 1.25. The van der Waals surface area contributed by atoms with E-state index in [1.165, 1.54) is 19.4 Å². The Balaban J connectivity index is 2.90. The van der Waals surface area contributed by atoms with Crippen LogP contribution in [-0.2, 0) is 9.47 Å². The molecule has 1 amide bonds. The normalized spacial score (nSPS) is 10.2. The second kappa shape index (κ2) is 6.66.